The highest BCUT2D eigenvalue weighted by Crippen LogP contribution is 2.30. The number of amides is 1. The first-order chi connectivity index (χ1) is 11.0. The van der Waals surface area contributed by atoms with E-state index in [1.165, 1.54) is 12.8 Å². The third-order valence-electron chi connectivity index (χ3n) is 5.01. The second-order valence-corrected chi connectivity index (χ2v) is 7.00. The minimum absolute atomic E-state index is 0.0355. The summed E-state index contributed by atoms with van der Waals surface area (Å²) in [6, 6.07) is 0.358. The molecule has 3 unspecified atom stereocenters. The molecule has 2 saturated heterocycles. The van der Waals surface area contributed by atoms with Crippen LogP contribution in [0.5, 0.6) is 0 Å². The zero-order valence-electron chi connectivity index (χ0n) is 15.0. The number of ether oxygens (including phenoxy) is 1. The van der Waals surface area contributed by atoms with E-state index < -0.39 is 0 Å². The van der Waals surface area contributed by atoms with Gasteiger partial charge in [-0.2, -0.15) is 0 Å². The number of likely N-dealkylation sites (tertiary alicyclic amines) is 1. The van der Waals surface area contributed by atoms with Crippen molar-refractivity contribution in [3.8, 4) is 0 Å². The van der Waals surface area contributed by atoms with Crippen LogP contribution in [0.3, 0.4) is 0 Å². The van der Waals surface area contributed by atoms with Gasteiger partial charge >= 0.3 is 0 Å². The van der Waals surface area contributed by atoms with E-state index in [4.69, 9.17) is 4.74 Å². The fraction of sp³-hybridized carbons (Fsp3) is 0.882. The third kappa shape index (κ3) is 5.09. The van der Waals surface area contributed by atoms with Crippen LogP contribution in [0.4, 0.5) is 0 Å². The Bertz CT molecular complexity index is 419. The van der Waals surface area contributed by atoms with E-state index in [1.54, 1.807) is 19.0 Å². The van der Waals surface area contributed by atoms with Crippen LogP contribution in [0.2, 0.25) is 0 Å². The number of rotatable bonds is 5. The van der Waals surface area contributed by atoms with Gasteiger partial charge in [-0.25, -0.2) is 4.99 Å². The van der Waals surface area contributed by atoms with E-state index in [2.05, 4.69) is 29.1 Å². The quantitative estimate of drug-likeness (QED) is 0.609. The molecule has 2 aliphatic heterocycles. The van der Waals surface area contributed by atoms with Gasteiger partial charge in [0, 0.05) is 46.4 Å². The molecule has 2 aliphatic rings. The lowest BCUT2D eigenvalue weighted by molar-refractivity contribution is -0.127. The highest BCUT2D eigenvalue weighted by Gasteiger charge is 2.33. The molecule has 0 aromatic rings. The van der Waals surface area contributed by atoms with Crippen molar-refractivity contribution in [1.29, 1.82) is 0 Å². The number of carbonyl (C=O) groups excluding carboxylic acids is 1. The highest BCUT2D eigenvalue weighted by molar-refractivity contribution is 5.85. The molecule has 0 aromatic carbocycles. The first-order valence-electron chi connectivity index (χ1n) is 8.85. The molecule has 2 heterocycles. The molecule has 0 bridgehead atoms. The summed E-state index contributed by atoms with van der Waals surface area (Å²) < 4.78 is 5.54. The lowest BCUT2D eigenvalue weighted by Crippen LogP contribution is -2.45. The van der Waals surface area contributed by atoms with Gasteiger partial charge in [0.05, 0.1) is 0 Å². The summed E-state index contributed by atoms with van der Waals surface area (Å²) in [5.41, 5.74) is 0. The van der Waals surface area contributed by atoms with Crippen LogP contribution in [-0.4, -0.2) is 74.7 Å². The van der Waals surface area contributed by atoms with Crippen molar-refractivity contribution in [1.82, 2.24) is 15.1 Å². The molecular weight excluding hydrogens is 292 g/mol. The molecule has 1 amide bonds. The highest BCUT2D eigenvalue weighted by atomic mass is 16.5. The van der Waals surface area contributed by atoms with E-state index >= 15 is 0 Å². The summed E-state index contributed by atoms with van der Waals surface area (Å²) in [6.45, 7) is 8.36. The van der Waals surface area contributed by atoms with Gasteiger partial charge < -0.3 is 19.9 Å². The minimum Gasteiger partial charge on any atom is -0.381 e. The smallest absolute Gasteiger partial charge is 0.243 e. The molecular formula is C17H32N4O2. The molecule has 23 heavy (non-hydrogen) atoms. The third-order valence-corrected chi connectivity index (χ3v) is 5.01. The fourth-order valence-electron chi connectivity index (χ4n) is 3.13. The van der Waals surface area contributed by atoms with Crippen LogP contribution < -0.4 is 5.32 Å². The van der Waals surface area contributed by atoms with Gasteiger partial charge in [0.25, 0.3) is 0 Å². The van der Waals surface area contributed by atoms with Crippen LogP contribution in [0, 0.1) is 11.8 Å². The number of guanidine groups is 1. The predicted molar refractivity (Wildman–Crippen MR) is 92.5 cm³/mol. The molecule has 132 valence electrons. The van der Waals surface area contributed by atoms with Crippen molar-refractivity contribution < 1.29 is 9.53 Å². The molecule has 0 aliphatic carbocycles. The molecule has 0 radical (unpaired) electrons. The summed E-state index contributed by atoms with van der Waals surface area (Å²) in [5, 5.41) is 3.49. The Kier molecular flexibility index (Phi) is 6.69. The first-order valence-corrected chi connectivity index (χ1v) is 8.85. The Hall–Kier alpha value is -1.30. The van der Waals surface area contributed by atoms with Crippen molar-refractivity contribution >= 4 is 11.9 Å². The van der Waals surface area contributed by atoms with Gasteiger partial charge in [-0.05, 0) is 38.0 Å². The van der Waals surface area contributed by atoms with Crippen LogP contribution in [0.25, 0.3) is 0 Å². The molecule has 0 spiro atoms. The molecule has 2 rings (SSSR count). The van der Waals surface area contributed by atoms with Crippen LogP contribution in [0.1, 0.15) is 33.1 Å². The number of nitrogens with one attached hydrogen (secondary N) is 1. The van der Waals surface area contributed by atoms with Gasteiger partial charge in [-0.15, -0.1) is 0 Å². The standard InChI is InChI=1S/C17H32N4O2/c1-5-13(2)19-17(18-10-16(22)20(3)4)21-8-6-14(11-21)15-7-9-23-12-15/h13-15H,5-12H2,1-4H3,(H,18,19). The molecule has 1 N–H and O–H groups in total. The Morgan fingerprint density at radius 3 is 2.78 bits per heavy atom. The lowest BCUT2D eigenvalue weighted by Gasteiger charge is -2.26. The number of likely N-dealkylation sites (N-methyl/N-ethyl adjacent to an activating group) is 1. The zero-order valence-corrected chi connectivity index (χ0v) is 15.0. The van der Waals surface area contributed by atoms with E-state index in [1.807, 2.05) is 0 Å². The number of hydrogen-bond donors (Lipinski definition) is 1. The summed E-state index contributed by atoms with van der Waals surface area (Å²) >= 11 is 0. The lowest BCUT2D eigenvalue weighted by atomic mass is 9.91. The zero-order chi connectivity index (χ0) is 16.8. The monoisotopic (exact) mass is 324 g/mol. The largest absolute Gasteiger partial charge is 0.381 e. The van der Waals surface area contributed by atoms with Crippen LogP contribution in [0.15, 0.2) is 4.99 Å². The minimum atomic E-state index is 0.0355. The maximum Gasteiger partial charge on any atom is 0.243 e. The maximum atomic E-state index is 11.8. The van der Waals surface area contributed by atoms with E-state index in [-0.39, 0.29) is 12.5 Å². The summed E-state index contributed by atoms with van der Waals surface area (Å²) in [6.07, 6.45) is 3.41. The van der Waals surface area contributed by atoms with E-state index in [9.17, 15) is 4.79 Å². The van der Waals surface area contributed by atoms with Crippen LogP contribution in [-0.2, 0) is 9.53 Å². The second-order valence-electron chi connectivity index (χ2n) is 7.00. The number of carbonyl (C=O) groups is 1. The fourth-order valence-corrected chi connectivity index (χ4v) is 3.13. The first kappa shape index (κ1) is 18.0. The summed E-state index contributed by atoms with van der Waals surface area (Å²) in [7, 11) is 3.54. The second kappa shape index (κ2) is 8.52. The van der Waals surface area contributed by atoms with Crippen molar-refractivity contribution in [3.63, 3.8) is 0 Å². The maximum absolute atomic E-state index is 11.8. The number of nitrogens with zero attached hydrogens (tertiary/aromatic N) is 3. The predicted octanol–water partition coefficient (Wildman–Crippen LogP) is 1.18. The molecule has 0 saturated carbocycles. The van der Waals surface area contributed by atoms with Gasteiger partial charge in [0.2, 0.25) is 5.91 Å². The van der Waals surface area contributed by atoms with Gasteiger partial charge in [-0.1, -0.05) is 6.92 Å². The van der Waals surface area contributed by atoms with Crippen molar-refractivity contribution in [3.05, 3.63) is 0 Å². The Balaban J connectivity index is 1.98. The molecule has 0 aromatic heterocycles. The molecule has 6 nitrogen and oxygen atoms in total. The molecule has 3 atom stereocenters. The molecule has 6 heteroatoms. The Labute approximate surface area is 140 Å². The average Bonchev–Trinajstić information content (AvgIpc) is 3.20. The topological polar surface area (TPSA) is 57.2 Å². The number of hydrogen-bond acceptors (Lipinski definition) is 3. The van der Waals surface area contributed by atoms with Gasteiger partial charge in [0.1, 0.15) is 6.54 Å². The molecule has 2 fully saturated rings. The number of aliphatic imine (C=N–C) groups is 1. The van der Waals surface area contributed by atoms with Gasteiger partial charge in [-0.3, -0.25) is 4.79 Å². The van der Waals surface area contributed by atoms with E-state index in [0.29, 0.717) is 17.9 Å². The van der Waals surface area contributed by atoms with E-state index in [0.717, 1.165) is 38.7 Å². The van der Waals surface area contributed by atoms with Crippen LogP contribution >= 0.6 is 0 Å². The van der Waals surface area contributed by atoms with Crippen molar-refractivity contribution in [2.75, 3.05) is 46.9 Å². The van der Waals surface area contributed by atoms with Crippen molar-refractivity contribution in [2.24, 2.45) is 16.8 Å². The van der Waals surface area contributed by atoms with Gasteiger partial charge in [0.15, 0.2) is 5.96 Å². The SMILES string of the molecule is CCC(C)NC(=NCC(=O)N(C)C)N1CCC(C2CCOC2)C1. The van der Waals surface area contributed by atoms with Crippen molar-refractivity contribution in [2.45, 2.75) is 39.2 Å². The Morgan fingerprint density at radius 1 is 1.39 bits per heavy atom. The summed E-state index contributed by atoms with van der Waals surface area (Å²) in [4.78, 5) is 20.3. The summed E-state index contributed by atoms with van der Waals surface area (Å²) in [5.74, 6) is 2.29. The normalized spacial score (nSPS) is 26.4. The Morgan fingerprint density at radius 2 is 2.17 bits per heavy atom. The average molecular weight is 324 g/mol.